The number of hydrogen-bond acceptors (Lipinski definition) is 4. The molecule has 0 aliphatic rings. The average Bonchev–Trinajstić information content (AvgIpc) is 3.27. The summed E-state index contributed by atoms with van der Waals surface area (Å²) in [5, 5.41) is 9.28. The highest BCUT2D eigenvalue weighted by Gasteiger charge is 2.19. The zero-order chi connectivity index (χ0) is 24.4. The average molecular weight is 483 g/mol. The third-order valence-corrected chi connectivity index (χ3v) is 6.16. The molecule has 174 valence electrons. The first kappa shape index (κ1) is 22.6. The normalized spacial score (nSPS) is 10.9. The topological polar surface area (TPSA) is 69.0 Å². The van der Waals surface area contributed by atoms with Gasteiger partial charge in [0.1, 0.15) is 5.69 Å². The molecule has 0 saturated carbocycles. The standard InChI is InChI=1S/C28H23ClN4O2/c1-18-16-25(35-17-24(34)30-23-15-9-14-22(29)19(23)2)31-28-26(18)27(20-10-5-3-6-11-20)32-33(28)21-12-7-4-8-13-21/h3-16H,17H2,1-2H3,(H,30,34). The van der Waals surface area contributed by atoms with Crippen LogP contribution in [-0.2, 0) is 4.79 Å². The number of pyridine rings is 1. The molecule has 0 bridgehead atoms. The van der Waals surface area contributed by atoms with Crippen LogP contribution in [0.15, 0.2) is 84.9 Å². The van der Waals surface area contributed by atoms with Crippen molar-refractivity contribution in [3.05, 3.63) is 101 Å². The number of anilines is 1. The summed E-state index contributed by atoms with van der Waals surface area (Å²) in [5.74, 6) is 0.0566. The number of fused-ring (bicyclic) bond motifs is 1. The number of aromatic nitrogens is 3. The minimum absolute atomic E-state index is 0.186. The smallest absolute Gasteiger partial charge is 0.262 e. The Hall–Kier alpha value is -4.16. The Morgan fingerprint density at radius 1 is 0.971 bits per heavy atom. The van der Waals surface area contributed by atoms with Gasteiger partial charge in [-0.15, -0.1) is 0 Å². The summed E-state index contributed by atoms with van der Waals surface area (Å²) in [5.41, 5.74) is 5.81. The largest absolute Gasteiger partial charge is 0.467 e. The number of nitrogens with one attached hydrogen (secondary N) is 1. The summed E-state index contributed by atoms with van der Waals surface area (Å²) >= 11 is 6.15. The molecule has 0 unspecified atom stereocenters. The lowest BCUT2D eigenvalue weighted by Crippen LogP contribution is -2.21. The van der Waals surface area contributed by atoms with Gasteiger partial charge in [-0.25, -0.2) is 4.68 Å². The molecule has 3 aromatic carbocycles. The van der Waals surface area contributed by atoms with Crippen molar-refractivity contribution in [2.24, 2.45) is 0 Å². The van der Waals surface area contributed by atoms with E-state index in [-0.39, 0.29) is 12.5 Å². The van der Waals surface area contributed by atoms with Crippen molar-refractivity contribution < 1.29 is 9.53 Å². The van der Waals surface area contributed by atoms with E-state index in [0.29, 0.717) is 22.2 Å². The molecule has 0 fully saturated rings. The molecule has 1 amide bonds. The van der Waals surface area contributed by atoms with Gasteiger partial charge in [-0.2, -0.15) is 10.1 Å². The predicted molar refractivity (Wildman–Crippen MR) is 139 cm³/mol. The molecule has 2 heterocycles. The first-order chi connectivity index (χ1) is 17.0. The second-order valence-corrected chi connectivity index (χ2v) is 8.59. The Bertz CT molecular complexity index is 1520. The van der Waals surface area contributed by atoms with Gasteiger partial charge in [0, 0.05) is 22.3 Å². The molecular formula is C28H23ClN4O2. The van der Waals surface area contributed by atoms with E-state index in [1.54, 1.807) is 18.2 Å². The van der Waals surface area contributed by atoms with Crippen LogP contribution >= 0.6 is 11.6 Å². The fourth-order valence-corrected chi connectivity index (χ4v) is 4.13. The number of aryl methyl sites for hydroxylation is 1. The molecule has 5 rings (SSSR count). The number of carbonyl (C=O) groups excluding carboxylic acids is 1. The van der Waals surface area contributed by atoms with E-state index >= 15 is 0 Å². The van der Waals surface area contributed by atoms with Crippen LogP contribution < -0.4 is 10.1 Å². The molecule has 0 aliphatic carbocycles. The maximum Gasteiger partial charge on any atom is 0.262 e. The SMILES string of the molecule is Cc1c(Cl)cccc1NC(=O)COc1cc(C)c2c(-c3ccccc3)nn(-c3ccccc3)c2n1. The van der Waals surface area contributed by atoms with Gasteiger partial charge in [0.2, 0.25) is 5.88 Å². The van der Waals surface area contributed by atoms with Crippen molar-refractivity contribution in [3.8, 4) is 22.8 Å². The number of ether oxygens (including phenoxy) is 1. The summed E-state index contributed by atoms with van der Waals surface area (Å²) < 4.78 is 7.62. The third-order valence-electron chi connectivity index (χ3n) is 5.75. The second-order valence-electron chi connectivity index (χ2n) is 8.19. The Balaban J connectivity index is 1.48. The quantitative estimate of drug-likeness (QED) is 0.305. The summed E-state index contributed by atoms with van der Waals surface area (Å²) in [6, 6.07) is 27.1. The fourth-order valence-electron chi connectivity index (χ4n) is 3.96. The van der Waals surface area contributed by atoms with Crippen LogP contribution in [-0.4, -0.2) is 27.3 Å². The van der Waals surface area contributed by atoms with E-state index < -0.39 is 0 Å². The molecule has 5 aromatic rings. The molecule has 0 saturated heterocycles. The molecule has 0 radical (unpaired) electrons. The molecule has 0 spiro atoms. The minimum atomic E-state index is -0.295. The van der Waals surface area contributed by atoms with E-state index in [1.807, 2.05) is 85.3 Å². The molecular weight excluding hydrogens is 460 g/mol. The Kier molecular flexibility index (Phi) is 6.21. The van der Waals surface area contributed by atoms with Crippen LogP contribution in [0.25, 0.3) is 28.0 Å². The number of carbonyl (C=O) groups is 1. The van der Waals surface area contributed by atoms with E-state index in [2.05, 4.69) is 5.32 Å². The highest BCUT2D eigenvalue weighted by atomic mass is 35.5. The number of halogens is 1. The van der Waals surface area contributed by atoms with Gasteiger partial charge in [0.25, 0.3) is 5.91 Å². The Labute approximate surface area is 208 Å². The Morgan fingerprint density at radius 2 is 1.69 bits per heavy atom. The van der Waals surface area contributed by atoms with Crippen LogP contribution in [0.1, 0.15) is 11.1 Å². The minimum Gasteiger partial charge on any atom is -0.467 e. The second kappa shape index (κ2) is 9.60. The Morgan fingerprint density at radius 3 is 2.43 bits per heavy atom. The van der Waals surface area contributed by atoms with E-state index in [4.69, 9.17) is 26.4 Å². The number of amides is 1. The maximum atomic E-state index is 12.6. The predicted octanol–water partition coefficient (Wildman–Crippen LogP) is 6.38. The van der Waals surface area contributed by atoms with Gasteiger partial charge in [-0.3, -0.25) is 4.79 Å². The van der Waals surface area contributed by atoms with Crippen LogP contribution in [0.2, 0.25) is 5.02 Å². The number of hydrogen-bond donors (Lipinski definition) is 1. The van der Waals surface area contributed by atoms with Crippen LogP contribution in [0.3, 0.4) is 0 Å². The fraction of sp³-hybridized carbons (Fsp3) is 0.107. The van der Waals surface area contributed by atoms with Gasteiger partial charge in [0.15, 0.2) is 12.3 Å². The van der Waals surface area contributed by atoms with E-state index in [0.717, 1.165) is 33.5 Å². The summed E-state index contributed by atoms with van der Waals surface area (Å²) in [6.45, 7) is 3.66. The van der Waals surface area contributed by atoms with E-state index in [9.17, 15) is 4.79 Å². The van der Waals surface area contributed by atoms with Crippen molar-refractivity contribution in [2.75, 3.05) is 11.9 Å². The van der Waals surface area contributed by atoms with Crippen molar-refractivity contribution in [1.29, 1.82) is 0 Å². The number of rotatable bonds is 6. The summed E-state index contributed by atoms with van der Waals surface area (Å²) in [4.78, 5) is 17.3. The third kappa shape index (κ3) is 4.61. The van der Waals surface area contributed by atoms with Gasteiger partial charge >= 0.3 is 0 Å². The van der Waals surface area contributed by atoms with Crippen LogP contribution in [0.4, 0.5) is 5.69 Å². The zero-order valence-corrected chi connectivity index (χ0v) is 20.1. The first-order valence-corrected chi connectivity index (χ1v) is 11.6. The molecule has 1 N–H and O–H groups in total. The summed E-state index contributed by atoms with van der Waals surface area (Å²) in [7, 11) is 0. The number of benzene rings is 3. The van der Waals surface area contributed by atoms with E-state index in [1.165, 1.54) is 0 Å². The van der Waals surface area contributed by atoms with Crippen molar-refractivity contribution in [1.82, 2.24) is 14.8 Å². The first-order valence-electron chi connectivity index (χ1n) is 11.2. The summed E-state index contributed by atoms with van der Waals surface area (Å²) in [6.07, 6.45) is 0. The molecule has 6 nitrogen and oxygen atoms in total. The van der Waals surface area contributed by atoms with Gasteiger partial charge in [-0.05, 0) is 49.2 Å². The highest BCUT2D eigenvalue weighted by Crippen LogP contribution is 2.33. The molecule has 0 atom stereocenters. The van der Waals surface area contributed by atoms with Crippen LogP contribution in [0, 0.1) is 13.8 Å². The zero-order valence-electron chi connectivity index (χ0n) is 19.3. The lowest BCUT2D eigenvalue weighted by atomic mass is 10.1. The molecule has 35 heavy (non-hydrogen) atoms. The lowest BCUT2D eigenvalue weighted by molar-refractivity contribution is -0.118. The molecule has 0 aliphatic heterocycles. The number of nitrogens with zero attached hydrogens (tertiary/aromatic N) is 3. The van der Waals surface area contributed by atoms with Crippen molar-refractivity contribution in [3.63, 3.8) is 0 Å². The lowest BCUT2D eigenvalue weighted by Gasteiger charge is -2.11. The highest BCUT2D eigenvalue weighted by molar-refractivity contribution is 6.31. The van der Waals surface area contributed by atoms with Crippen molar-refractivity contribution in [2.45, 2.75) is 13.8 Å². The van der Waals surface area contributed by atoms with Gasteiger partial charge < -0.3 is 10.1 Å². The monoisotopic (exact) mass is 482 g/mol. The van der Waals surface area contributed by atoms with Crippen molar-refractivity contribution >= 4 is 34.2 Å². The van der Waals surface area contributed by atoms with Crippen LogP contribution in [0.5, 0.6) is 5.88 Å². The van der Waals surface area contributed by atoms with Gasteiger partial charge in [-0.1, -0.05) is 66.2 Å². The molecule has 7 heteroatoms. The number of para-hydroxylation sites is 1. The van der Waals surface area contributed by atoms with Gasteiger partial charge in [0.05, 0.1) is 11.1 Å². The maximum absolute atomic E-state index is 12.6. The molecule has 2 aromatic heterocycles.